The number of fused-ring (bicyclic) bond motifs is 2. The van der Waals surface area contributed by atoms with E-state index in [1.54, 1.807) is 0 Å². The van der Waals surface area contributed by atoms with Crippen molar-refractivity contribution < 1.29 is 18.9 Å². The van der Waals surface area contributed by atoms with Crippen LogP contribution in [0.25, 0.3) is 0 Å². The number of hydrogen-bond acceptors (Lipinski definition) is 4. The molecule has 0 amide bonds. The van der Waals surface area contributed by atoms with Crippen molar-refractivity contribution in [3.8, 4) is 0 Å². The van der Waals surface area contributed by atoms with Gasteiger partial charge in [-0.25, -0.2) is 0 Å². The van der Waals surface area contributed by atoms with Crippen LogP contribution in [0, 0.1) is 0 Å². The molecular formula is C20H20Br2O4. The summed E-state index contributed by atoms with van der Waals surface area (Å²) >= 11 is 7.30. The summed E-state index contributed by atoms with van der Waals surface area (Å²) < 4.78 is 23.5. The van der Waals surface area contributed by atoms with Crippen molar-refractivity contribution in [3.63, 3.8) is 0 Å². The molecule has 4 nitrogen and oxygen atoms in total. The molecule has 0 unspecified atom stereocenters. The molecule has 2 aromatic carbocycles. The summed E-state index contributed by atoms with van der Waals surface area (Å²) in [6, 6.07) is 20.2. The Balaban J connectivity index is 1.37. The van der Waals surface area contributed by atoms with E-state index in [4.69, 9.17) is 18.9 Å². The third-order valence-corrected chi connectivity index (χ3v) is 6.26. The van der Waals surface area contributed by atoms with Crippen molar-refractivity contribution in [2.45, 2.75) is 41.0 Å². The van der Waals surface area contributed by atoms with Gasteiger partial charge in [-0.2, -0.15) is 0 Å². The number of alkyl halides is 2. The van der Waals surface area contributed by atoms with E-state index >= 15 is 0 Å². The molecule has 0 aliphatic carbocycles. The molecule has 138 valence electrons. The van der Waals surface area contributed by atoms with Crippen LogP contribution in [0.2, 0.25) is 0 Å². The lowest BCUT2D eigenvalue weighted by Crippen LogP contribution is -2.72. The summed E-state index contributed by atoms with van der Waals surface area (Å²) in [6.07, 6.45) is -0.867. The topological polar surface area (TPSA) is 36.9 Å². The van der Waals surface area contributed by atoms with E-state index in [1.807, 2.05) is 60.7 Å². The molecule has 3 fully saturated rings. The molecule has 4 atom stereocenters. The smallest absolute Gasteiger partial charge is 0.186 e. The van der Waals surface area contributed by atoms with Gasteiger partial charge in [-0.1, -0.05) is 92.5 Å². The summed E-state index contributed by atoms with van der Waals surface area (Å²) in [7, 11) is 0. The van der Waals surface area contributed by atoms with Gasteiger partial charge in [-0.3, -0.25) is 0 Å². The standard InChI is InChI=1S/C20H20Br2O4/c21-20(22)18-17(24-12-15-9-5-2-6-10-15)16(25-19(20)26-18)13-23-11-14-7-3-1-4-8-14/h1-10,16-19H,11-13H2/t16-,17-,18-,19-/m1/s1. The highest BCUT2D eigenvalue weighted by molar-refractivity contribution is 9.25. The van der Waals surface area contributed by atoms with Gasteiger partial charge < -0.3 is 18.9 Å². The van der Waals surface area contributed by atoms with Crippen LogP contribution in [-0.4, -0.2) is 34.4 Å². The van der Waals surface area contributed by atoms with Crippen molar-refractivity contribution >= 4 is 31.9 Å². The van der Waals surface area contributed by atoms with Crippen LogP contribution in [0.15, 0.2) is 60.7 Å². The number of rotatable bonds is 7. The van der Waals surface area contributed by atoms with Gasteiger partial charge in [0.05, 0.1) is 19.8 Å². The Hall–Kier alpha value is -0.760. The predicted molar refractivity (Wildman–Crippen MR) is 105 cm³/mol. The molecule has 6 heteroatoms. The lowest BCUT2D eigenvalue weighted by molar-refractivity contribution is -0.369. The zero-order valence-electron chi connectivity index (χ0n) is 14.1. The highest BCUT2D eigenvalue weighted by Gasteiger charge is 2.65. The maximum Gasteiger partial charge on any atom is 0.186 e. The monoisotopic (exact) mass is 482 g/mol. The van der Waals surface area contributed by atoms with E-state index in [2.05, 4.69) is 31.9 Å². The van der Waals surface area contributed by atoms with Crippen LogP contribution in [0.4, 0.5) is 0 Å². The fourth-order valence-electron chi connectivity index (χ4n) is 3.19. The largest absolute Gasteiger partial charge is 0.374 e. The second-order valence-electron chi connectivity index (χ2n) is 6.50. The molecule has 3 heterocycles. The fraction of sp³-hybridized carbons (Fsp3) is 0.400. The Morgan fingerprint density at radius 3 is 2.08 bits per heavy atom. The molecule has 5 rings (SSSR count). The van der Waals surface area contributed by atoms with Gasteiger partial charge in [0.15, 0.2) is 9.52 Å². The predicted octanol–water partition coefficient (Wildman–Crippen LogP) is 4.40. The number of ether oxygens (including phenoxy) is 4. The van der Waals surface area contributed by atoms with Gasteiger partial charge in [0.1, 0.15) is 18.3 Å². The average Bonchev–Trinajstić information content (AvgIpc) is 2.68. The van der Waals surface area contributed by atoms with Crippen LogP contribution in [0.3, 0.4) is 0 Å². The average molecular weight is 484 g/mol. The highest BCUT2D eigenvalue weighted by Crippen LogP contribution is 2.53. The minimum atomic E-state index is -0.405. The molecule has 0 saturated carbocycles. The first-order chi connectivity index (χ1) is 12.6. The molecule has 2 bridgehead atoms. The maximum absolute atomic E-state index is 6.18. The molecule has 26 heavy (non-hydrogen) atoms. The Kier molecular flexibility index (Phi) is 5.78. The van der Waals surface area contributed by atoms with Crippen molar-refractivity contribution in [2.75, 3.05) is 6.61 Å². The molecule has 0 spiro atoms. The minimum Gasteiger partial charge on any atom is -0.374 e. The zero-order chi connectivity index (χ0) is 18.0. The molecule has 2 aromatic rings. The summed E-state index contributed by atoms with van der Waals surface area (Å²) in [6.45, 7) is 1.52. The first kappa shape index (κ1) is 18.6. The highest BCUT2D eigenvalue weighted by atomic mass is 79.9. The Bertz CT molecular complexity index is 710. The van der Waals surface area contributed by atoms with Crippen molar-refractivity contribution in [2.24, 2.45) is 0 Å². The maximum atomic E-state index is 6.18. The van der Waals surface area contributed by atoms with Crippen LogP contribution < -0.4 is 0 Å². The Labute approximate surface area is 170 Å². The van der Waals surface area contributed by atoms with Gasteiger partial charge in [-0.15, -0.1) is 0 Å². The second-order valence-corrected chi connectivity index (χ2v) is 10.2. The van der Waals surface area contributed by atoms with Crippen LogP contribution >= 0.6 is 31.9 Å². The Morgan fingerprint density at radius 2 is 1.46 bits per heavy atom. The minimum absolute atomic E-state index is 0.129. The SMILES string of the molecule is BrC1(Br)[C@H]2O[C@@H]1[C@H](OCc1ccccc1)[C@@H](COCc1ccccc1)O2. The lowest BCUT2D eigenvalue weighted by atomic mass is 9.96. The molecule has 3 saturated heterocycles. The van der Waals surface area contributed by atoms with E-state index < -0.39 is 3.23 Å². The molecule has 3 aliphatic heterocycles. The second kappa shape index (κ2) is 8.09. The van der Waals surface area contributed by atoms with E-state index in [9.17, 15) is 0 Å². The first-order valence-corrected chi connectivity index (χ1v) is 10.2. The van der Waals surface area contributed by atoms with Gasteiger partial charge in [0.25, 0.3) is 0 Å². The third kappa shape index (κ3) is 3.91. The summed E-state index contributed by atoms with van der Waals surface area (Å²) in [5.74, 6) is 0. The molecule has 0 radical (unpaired) electrons. The summed E-state index contributed by atoms with van der Waals surface area (Å²) in [5, 5.41) is 0. The van der Waals surface area contributed by atoms with Gasteiger partial charge in [0.2, 0.25) is 0 Å². The normalized spacial score (nSPS) is 29.2. The van der Waals surface area contributed by atoms with Crippen LogP contribution in [0.5, 0.6) is 0 Å². The summed E-state index contributed by atoms with van der Waals surface area (Å²) in [5.41, 5.74) is 2.26. The third-order valence-electron chi connectivity index (χ3n) is 4.61. The van der Waals surface area contributed by atoms with Gasteiger partial charge in [0, 0.05) is 0 Å². The van der Waals surface area contributed by atoms with Gasteiger partial charge in [-0.05, 0) is 11.1 Å². The molecule has 0 aromatic heterocycles. The molecular weight excluding hydrogens is 464 g/mol. The quantitative estimate of drug-likeness (QED) is 0.547. The molecule has 0 N–H and O–H groups in total. The number of halogens is 2. The fourth-order valence-corrected chi connectivity index (χ4v) is 4.36. The van der Waals surface area contributed by atoms with Crippen LogP contribution in [0.1, 0.15) is 11.1 Å². The zero-order valence-corrected chi connectivity index (χ0v) is 17.3. The van der Waals surface area contributed by atoms with E-state index in [0.29, 0.717) is 19.8 Å². The van der Waals surface area contributed by atoms with Gasteiger partial charge >= 0.3 is 0 Å². The number of benzene rings is 2. The Morgan fingerprint density at radius 1 is 0.846 bits per heavy atom. The van der Waals surface area contributed by atoms with Crippen molar-refractivity contribution in [1.29, 1.82) is 0 Å². The van der Waals surface area contributed by atoms with Crippen molar-refractivity contribution in [1.82, 2.24) is 0 Å². The van der Waals surface area contributed by atoms with E-state index in [0.717, 1.165) is 11.1 Å². The van der Waals surface area contributed by atoms with E-state index in [1.165, 1.54) is 0 Å². The van der Waals surface area contributed by atoms with Crippen molar-refractivity contribution in [3.05, 3.63) is 71.8 Å². The summed E-state index contributed by atoms with van der Waals surface area (Å²) in [4.78, 5) is 0. The number of hydrogen-bond donors (Lipinski definition) is 0. The van der Waals surface area contributed by atoms with E-state index in [-0.39, 0.29) is 24.6 Å². The first-order valence-electron chi connectivity index (χ1n) is 8.60. The molecule has 3 aliphatic rings. The lowest BCUT2D eigenvalue weighted by Gasteiger charge is -2.57. The van der Waals surface area contributed by atoms with Crippen LogP contribution in [-0.2, 0) is 32.2 Å².